The van der Waals surface area contributed by atoms with Gasteiger partial charge in [0.15, 0.2) is 0 Å². The molecule has 0 fully saturated rings. The van der Waals surface area contributed by atoms with E-state index >= 15 is 0 Å². The van der Waals surface area contributed by atoms with E-state index in [1.807, 2.05) is 24.0 Å². The van der Waals surface area contributed by atoms with Gasteiger partial charge in [0.05, 0.1) is 12.2 Å². The fraction of sp³-hybridized carbons (Fsp3) is 0.429. The number of hydrogen-bond donors (Lipinski definition) is 3. The number of nitrogens with zero attached hydrogens (tertiary/aromatic N) is 3. The Bertz CT molecular complexity index is 1030. The van der Waals surface area contributed by atoms with Gasteiger partial charge in [-0.15, -0.1) is 0 Å². The van der Waals surface area contributed by atoms with Gasteiger partial charge in [-0.1, -0.05) is 19.4 Å². The molecule has 2 aromatic heterocycles. The third-order valence-electron chi connectivity index (χ3n) is 5.20. The van der Waals surface area contributed by atoms with Gasteiger partial charge >= 0.3 is 0 Å². The van der Waals surface area contributed by atoms with E-state index in [2.05, 4.69) is 22.5 Å². The molecule has 160 valence electrons. The standard InChI is InChI=1S/C21H28N6O3/c1-4-5-8-26-11-19(29)25-20-16(26)9-13(2)27(21(20)30)12-18(28)23-10-15-6-7-17(22)24-14(15)3/h6-7,9H,4-5,8,10-12H2,1-3H3,(H2,22,24)(H,23,28)(H,25,29). The molecule has 0 radical (unpaired) electrons. The maximum atomic E-state index is 13.0. The predicted molar refractivity (Wildman–Crippen MR) is 116 cm³/mol. The van der Waals surface area contributed by atoms with E-state index in [1.54, 1.807) is 13.0 Å². The zero-order valence-electron chi connectivity index (χ0n) is 17.6. The Hall–Kier alpha value is -3.36. The van der Waals surface area contributed by atoms with Gasteiger partial charge in [0, 0.05) is 24.5 Å². The van der Waals surface area contributed by atoms with Gasteiger partial charge in [-0.3, -0.25) is 14.4 Å². The first-order valence-corrected chi connectivity index (χ1v) is 10.1. The number of unbranched alkanes of at least 4 members (excludes halogenated alkanes) is 1. The van der Waals surface area contributed by atoms with Gasteiger partial charge in [-0.05, 0) is 38.0 Å². The number of hydrogen-bond acceptors (Lipinski definition) is 6. The fourth-order valence-corrected chi connectivity index (χ4v) is 3.49. The Morgan fingerprint density at radius 2 is 2.07 bits per heavy atom. The molecule has 9 nitrogen and oxygen atoms in total. The second-order valence-electron chi connectivity index (χ2n) is 7.52. The van der Waals surface area contributed by atoms with Crippen molar-refractivity contribution in [3.63, 3.8) is 0 Å². The number of anilines is 3. The third kappa shape index (κ3) is 4.61. The minimum atomic E-state index is -0.375. The van der Waals surface area contributed by atoms with Crippen LogP contribution in [0.3, 0.4) is 0 Å². The largest absolute Gasteiger partial charge is 0.384 e. The quantitative estimate of drug-likeness (QED) is 0.630. The summed E-state index contributed by atoms with van der Waals surface area (Å²) in [4.78, 5) is 43.7. The molecule has 0 aliphatic carbocycles. The molecule has 4 N–H and O–H groups in total. The van der Waals surface area contributed by atoms with Crippen LogP contribution in [-0.4, -0.2) is 34.5 Å². The summed E-state index contributed by atoms with van der Waals surface area (Å²) >= 11 is 0. The molecule has 2 aromatic rings. The van der Waals surface area contributed by atoms with Crippen molar-refractivity contribution in [2.45, 2.75) is 46.7 Å². The number of fused-ring (bicyclic) bond motifs is 1. The lowest BCUT2D eigenvalue weighted by molar-refractivity contribution is -0.122. The molecule has 1 aliphatic heterocycles. The van der Waals surface area contributed by atoms with Crippen LogP contribution in [-0.2, 0) is 22.7 Å². The van der Waals surface area contributed by atoms with E-state index in [1.165, 1.54) is 4.57 Å². The molecule has 1 aliphatic rings. The zero-order chi connectivity index (χ0) is 21.8. The SMILES string of the molecule is CCCCN1CC(=O)Nc2c1cc(C)n(CC(=O)NCc1ccc(N)nc1C)c2=O. The molecule has 2 amide bonds. The van der Waals surface area contributed by atoms with Crippen molar-refractivity contribution in [3.05, 3.63) is 45.5 Å². The zero-order valence-corrected chi connectivity index (χ0v) is 17.6. The lowest BCUT2D eigenvalue weighted by Crippen LogP contribution is -2.43. The maximum absolute atomic E-state index is 13.0. The second kappa shape index (κ2) is 8.98. The van der Waals surface area contributed by atoms with Crippen LogP contribution in [0.25, 0.3) is 0 Å². The van der Waals surface area contributed by atoms with Crippen LogP contribution in [0.15, 0.2) is 23.0 Å². The fourth-order valence-electron chi connectivity index (χ4n) is 3.49. The minimum Gasteiger partial charge on any atom is -0.384 e. The Labute approximate surface area is 175 Å². The molecule has 0 atom stereocenters. The molecular weight excluding hydrogens is 384 g/mol. The van der Waals surface area contributed by atoms with Crippen LogP contribution in [0.4, 0.5) is 17.2 Å². The van der Waals surface area contributed by atoms with Crippen LogP contribution in [0.2, 0.25) is 0 Å². The number of pyridine rings is 2. The molecule has 0 spiro atoms. The van der Waals surface area contributed by atoms with Crippen molar-refractivity contribution < 1.29 is 9.59 Å². The molecule has 0 saturated carbocycles. The Balaban J connectivity index is 1.78. The first-order valence-electron chi connectivity index (χ1n) is 10.1. The monoisotopic (exact) mass is 412 g/mol. The summed E-state index contributed by atoms with van der Waals surface area (Å²) in [6.45, 7) is 6.78. The molecule has 9 heteroatoms. The van der Waals surface area contributed by atoms with Crippen molar-refractivity contribution in [1.82, 2.24) is 14.9 Å². The van der Waals surface area contributed by atoms with Crippen molar-refractivity contribution in [1.29, 1.82) is 0 Å². The molecule has 0 aromatic carbocycles. The molecule has 0 bridgehead atoms. The molecule has 30 heavy (non-hydrogen) atoms. The number of amides is 2. The van der Waals surface area contributed by atoms with Gasteiger partial charge in [0.25, 0.3) is 5.56 Å². The first-order chi connectivity index (χ1) is 14.3. The van der Waals surface area contributed by atoms with Crippen molar-refractivity contribution in [2.24, 2.45) is 0 Å². The minimum absolute atomic E-state index is 0.135. The first kappa shape index (κ1) is 21.4. The van der Waals surface area contributed by atoms with Crippen LogP contribution >= 0.6 is 0 Å². The Morgan fingerprint density at radius 3 is 2.77 bits per heavy atom. The van der Waals surface area contributed by atoms with E-state index in [4.69, 9.17) is 5.73 Å². The van der Waals surface area contributed by atoms with Gasteiger partial charge < -0.3 is 25.8 Å². The van der Waals surface area contributed by atoms with E-state index in [9.17, 15) is 14.4 Å². The summed E-state index contributed by atoms with van der Waals surface area (Å²) in [7, 11) is 0. The average molecular weight is 412 g/mol. The molecule has 3 rings (SSSR count). The number of carbonyl (C=O) groups is 2. The van der Waals surface area contributed by atoms with Gasteiger partial charge in [0.1, 0.15) is 18.1 Å². The predicted octanol–water partition coefficient (Wildman–Crippen LogP) is 1.32. The van der Waals surface area contributed by atoms with Crippen molar-refractivity contribution in [2.75, 3.05) is 29.0 Å². The number of aryl methyl sites for hydroxylation is 2. The van der Waals surface area contributed by atoms with Crippen LogP contribution in [0, 0.1) is 13.8 Å². The lowest BCUT2D eigenvalue weighted by atomic mass is 10.1. The normalized spacial score (nSPS) is 13.0. The van der Waals surface area contributed by atoms with Crippen LogP contribution in [0.5, 0.6) is 0 Å². The van der Waals surface area contributed by atoms with E-state index in [0.29, 0.717) is 23.7 Å². The molecule has 3 heterocycles. The van der Waals surface area contributed by atoms with E-state index in [0.717, 1.165) is 24.1 Å². The highest BCUT2D eigenvalue weighted by molar-refractivity contribution is 6.01. The van der Waals surface area contributed by atoms with Gasteiger partial charge in [-0.25, -0.2) is 4.98 Å². The third-order valence-corrected chi connectivity index (χ3v) is 5.20. The summed E-state index contributed by atoms with van der Waals surface area (Å²) in [5, 5.41) is 5.49. The average Bonchev–Trinajstić information content (AvgIpc) is 2.69. The highest BCUT2D eigenvalue weighted by Crippen LogP contribution is 2.27. The number of aromatic nitrogens is 2. The summed E-state index contributed by atoms with van der Waals surface area (Å²) < 4.78 is 1.38. The number of nitrogen functional groups attached to an aromatic ring is 1. The van der Waals surface area contributed by atoms with E-state index < -0.39 is 0 Å². The molecule has 0 saturated heterocycles. The molecular formula is C21H28N6O3. The molecule has 0 unspecified atom stereocenters. The van der Waals surface area contributed by atoms with Gasteiger partial charge in [-0.2, -0.15) is 0 Å². The Kier molecular flexibility index (Phi) is 6.39. The number of nitrogens with one attached hydrogen (secondary N) is 2. The highest BCUT2D eigenvalue weighted by Gasteiger charge is 2.26. The lowest BCUT2D eigenvalue weighted by Gasteiger charge is -2.31. The van der Waals surface area contributed by atoms with Crippen molar-refractivity contribution in [3.8, 4) is 0 Å². The van der Waals surface area contributed by atoms with Crippen LogP contribution in [0.1, 0.15) is 36.7 Å². The second-order valence-corrected chi connectivity index (χ2v) is 7.52. The van der Waals surface area contributed by atoms with Gasteiger partial charge in [0.2, 0.25) is 11.8 Å². The van der Waals surface area contributed by atoms with Crippen molar-refractivity contribution >= 4 is 29.0 Å². The Morgan fingerprint density at radius 1 is 1.30 bits per heavy atom. The smallest absolute Gasteiger partial charge is 0.277 e. The highest BCUT2D eigenvalue weighted by atomic mass is 16.2. The van der Waals surface area contributed by atoms with Crippen LogP contribution < -0.4 is 26.8 Å². The topological polar surface area (TPSA) is 122 Å². The maximum Gasteiger partial charge on any atom is 0.277 e. The summed E-state index contributed by atoms with van der Waals surface area (Å²) in [6, 6.07) is 5.35. The number of rotatable bonds is 7. The summed E-state index contributed by atoms with van der Waals surface area (Å²) in [5.41, 5.74) is 8.48. The number of carbonyl (C=O) groups excluding carboxylic acids is 2. The number of nitrogens with two attached hydrogens (primary N) is 1. The summed E-state index contributed by atoms with van der Waals surface area (Å²) in [5.74, 6) is -0.0999. The summed E-state index contributed by atoms with van der Waals surface area (Å²) in [6.07, 6.45) is 1.92. The van der Waals surface area contributed by atoms with E-state index in [-0.39, 0.29) is 42.7 Å².